The van der Waals surface area contributed by atoms with Gasteiger partial charge in [0.1, 0.15) is 0 Å². The number of nitrogens with zero attached hydrogens (tertiary/aromatic N) is 1. The van der Waals surface area contributed by atoms with Crippen molar-refractivity contribution >= 4 is 39.2 Å². The summed E-state index contributed by atoms with van der Waals surface area (Å²) in [7, 11) is 0. The largest absolute Gasteiger partial charge is 0.325 e. The topological polar surface area (TPSA) is 32.3 Å². The van der Waals surface area contributed by atoms with E-state index in [0.29, 0.717) is 4.47 Å². The molecule has 1 aromatic rings. The van der Waals surface area contributed by atoms with Gasteiger partial charge in [-0.15, -0.1) is 0 Å². The molecule has 0 aromatic heterocycles. The molecule has 18 heavy (non-hydrogen) atoms. The van der Waals surface area contributed by atoms with Crippen molar-refractivity contribution in [2.24, 2.45) is 0 Å². The third kappa shape index (κ3) is 2.95. The smallest absolute Gasteiger partial charge is 0.321 e. The monoisotopic (exact) mass is 334 g/mol. The van der Waals surface area contributed by atoms with Crippen molar-refractivity contribution in [3.05, 3.63) is 27.4 Å². The van der Waals surface area contributed by atoms with Gasteiger partial charge in [-0.25, -0.2) is 9.18 Å². The number of carbonyl (C=O) groups is 1. The normalized spacial score (nSPS) is 15.6. The molecule has 0 atom stereocenters. The summed E-state index contributed by atoms with van der Waals surface area (Å²) in [6.07, 6.45) is 3.14. The summed E-state index contributed by atoms with van der Waals surface area (Å²) >= 11 is 8.89. The van der Waals surface area contributed by atoms with Crippen molar-refractivity contribution in [2.75, 3.05) is 18.4 Å². The molecule has 1 aromatic carbocycles. The maximum Gasteiger partial charge on any atom is 0.321 e. The maximum atomic E-state index is 13.8. The molecule has 2 rings (SSSR count). The van der Waals surface area contributed by atoms with Crippen LogP contribution in [0.5, 0.6) is 0 Å². The molecule has 2 amide bonds. The summed E-state index contributed by atoms with van der Waals surface area (Å²) in [6.45, 7) is 1.44. The van der Waals surface area contributed by atoms with Crippen LogP contribution < -0.4 is 5.32 Å². The third-order valence-corrected chi connectivity index (χ3v) is 4.18. The van der Waals surface area contributed by atoms with E-state index in [4.69, 9.17) is 11.6 Å². The van der Waals surface area contributed by atoms with Crippen LogP contribution in [-0.4, -0.2) is 24.0 Å². The summed E-state index contributed by atoms with van der Waals surface area (Å²) in [5, 5.41) is 2.53. The lowest BCUT2D eigenvalue weighted by molar-refractivity contribution is 0.200. The zero-order valence-electron chi connectivity index (χ0n) is 9.68. The summed E-state index contributed by atoms with van der Waals surface area (Å²) in [4.78, 5) is 13.6. The fraction of sp³-hybridized carbons (Fsp3) is 0.417. The second kappa shape index (κ2) is 5.89. The number of piperidine rings is 1. The van der Waals surface area contributed by atoms with Crippen LogP contribution in [-0.2, 0) is 0 Å². The molecule has 1 aliphatic rings. The van der Waals surface area contributed by atoms with Crippen molar-refractivity contribution in [1.82, 2.24) is 4.90 Å². The highest BCUT2D eigenvalue weighted by Crippen LogP contribution is 2.30. The highest BCUT2D eigenvalue weighted by Gasteiger charge is 2.18. The van der Waals surface area contributed by atoms with E-state index in [9.17, 15) is 9.18 Å². The lowest BCUT2D eigenvalue weighted by Gasteiger charge is -2.26. The van der Waals surface area contributed by atoms with Crippen molar-refractivity contribution in [3.63, 3.8) is 0 Å². The number of nitrogens with one attached hydrogen (secondary N) is 1. The van der Waals surface area contributed by atoms with E-state index in [1.54, 1.807) is 11.0 Å². The average molecular weight is 336 g/mol. The number of amides is 2. The Hall–Kier alpha value is -0.810. The van der Waals surface area contributed by atoms with Crippen LogP contribution in [0.1, 0.15) is 19.3 Å². The molecule has 1 N–H and O–H groups in total. The van der Waals surface area contributed by atoms with Gasteiger partial charge in [0.2, 0.25) is 0 Å². The van der Waals surface area contributed by atoms with Crippen LogP contribution in [0.25, 0.3) is 0 Å². The number of carbonyl (C=O) groups excluding carboxylic acids is 1. The van der Waals surface area contributed by atoms with Crippen LogP contribution in [0.2, 0.25) is 5.02 Å². The predicted octanol–water partition coefficient (Wildman–Crippen LogP) is 4.26. The molecule has 0 aliphatic carbocycles. The van der Waals surface area contributed by atoms with Gasteiger partial charge in [-0.05, 0) is 47.3 Å². The number of hydrogen-bond acceptors (Lipinski definition) is 1. The van der Waals surface area contributed by atoms with E-state index in [-0.39, 0.29) is 16.7 Å². The van der Waals surface area contributed by atoms with Crippen LogP contribution in [0.4, 0.5) is 14.9 Å². The summed E-state index contributed by atoms with van der Waals surface area (Å²) in [5.74, 6) is -0.614. The molecule has 1 fully saturated rings. The number of urea groups is 1. The van der Waals surface area contributed by atoms with E-state index in [1.165, 1.54) is 6.07 Å². The first-order valence-electron chi connectivity index (χ1n) is 5.79. The molecule has 6 heteroatoms. The van der Waals surface area contributed by atoms with Gasteiger partial charge in [-0.1, -0.05) is 11.6 Å². The molecule has 98 valence electrons. The molecule has 0 bridgehead atoms. The van der Waals surface area contributed by atoms with Crippen LogP contribution in [0.15, 0.2) is 16.6 Å². The third-order valence-electron chi connectivity index (χ3n) is 2.92. The first-order valence-corrected chi connectivity index (χ1v) is 6.96. The predicted molar refractivity (Wildman–Crippen MR) is 73.6 cm³/mol. The van der Waals surface area contributed by atoms with Gasteiger partial charge < -0.3 is 10.2 Å². The van der Waals surface area contributed by atoms with E-state index >= 15 is 0 Å². The summed E-state index contributed by atoms with van der Waals surface area (Å²) in [6, 6.07) is 2.83. The minimum Gasteiger partial charge on any atom is -0.325 e. The average Bonchev–Trinajstić information content (AvgIpc) is 2.40. The highest BCUT2D eigenvalue weighted by molar-refractivity contribution is 9.10. The Kier molecular flexibility index (Phi) is 4.45. The molecule has 1 aliphatic heterocycles. The molecule has 0 unspecified atom stereocenters. The zero-order valence-corrected chi connectivity index (χ0v) is 12.0. The number of rotatable bonds is 1. The SMILES string of the molecule is O=C(Nc1ccc(Br)c(Cl)c1F)N1CCCCC1. The van der Waals surface area contributed by atoms with E-state index in [2.05, 4.69) is 21.2 Å². The lowest BCUT2D eigenvalue weighted by Crippen LogP contribution is -2.38. The minimum absolute atomic E-state index is 0.0218. The quantitative estimate of drug-likeness (QED) is 0.764. The van der Waals surface area contributed by atoms with Gasteiger partial charge in [-0.2, -0.15) is 0 Å². The van der Waals surface area contributed by atoms with Crippen molar-refractivity contribution in [1.29, 1.82) is 0 Å². The lowest BCUT2D eigenvalue weighted by atomic mass is 10.1. The Bertz CT molecular complexity index is 464. The van der Waals surface area contributed by atoms with Crippen molar-refractivity contribution in [2.45, 2.75) is 19.3 Å². The minimum atomic E-state index is -0.614. The number of hydrogen-bond donors (Lipinski definition) is 1. The molecule has 1 saturated heterocycles. The van der Waals surface area contributed by atoms with Gasteiger partial charge in [0.15, 0.2) is 5.82 Å². The van der Waals surface area contributed by atoms with Gasteiger partial charge in [0.25, 0.3) is 0 Å². The Morgan fingerprint density at radius 3 is 2.67 bits per heavy atom. The molecule has 1 heterocycles. The van der Waals surface area contributed by atoms with E-state index in [1.807, 2.05) is 0 Å². The fourth-order valence-corrected chi connectivity index (χ4v) is 2.38. The highest BCUT2D eigenvalue weighted by atomic mass is 79.9. The van der Waals surface area contributed by atoms with Crippen molar-refractivity contribution < 1.29 is 9.18 Å². The number of halogens is 3. The van der Waals surface area contributed by atoms with Crippen molar-refractivity contribution in [3.8, 4) is 0 Å². The molecular weight excluding hydrogens is 323 g/mol. The summed E-state index contributed by atoms with van der Waals surface area (Å²) < 4.78 is 14.3. The summed E-state index contributed by atoms with van der Waals surface area (Å²) in [5.41, 5.74) is 0.110. The number of likely N-dealkylation sites (tertiary alicyclic amines) is 1. The number of benzene rings is 1. The molecule has 3 nitrogen and oxygen atoms in total. The fourth-order valence-electron chi connectivity index (χ4n) is 1.91. The Morgan fingerprint density at radius 2 is 2.00 bits per heavy atom. The Balaban J connectivity index is 2.09. The zero-order chi connectivity index (χ0) is 13.1. The maximum absolute atomic E-state index is 13.8. The van der Waals surface area contributed by atoms with E-state index < -0.39 is 5.82 Å². The second-order valence-corrected chi connectivity index (χ2v) is 5.43. The second-order valence-electron chi connectivity index (χ2n) is 4.20. The Morgan fingerprint density at radius 1 is 1.33 bits per heavy atom. The van der Waals surface area contributed by atoms with Crippen LogP contribution in [0, 0.1) is 5.82 Å². The first kappa shape index (κ1) is 13.6. The van der Waals surface area contributed by atoms with E-state index in [0.717, 1.165) is 32.4 Å². The number of anilines is 1. The van der Waals surface area contributed by atoms with Gasteiger partial charge in [0.05, 0.1) is 10.7 Å². The van der Waals surface area contributed by atoms with Crippen LogP contribution in [0.3, 0.4) is 0 Å². The van der Waals surface area contributed by atoms with Gasteiger partial charge >= 0.3 is 6.03 Å². The molecule has 0 radical (unpaired) electrons. The standard InChI is InChI=1S/C12H13BrClFN2O/c13-8-4-5-9(11(15)10(8)14)16-12(18)17-6-2-1-3-7-17/h4-5H,1-3,6-7H2,(H,16,18). The van der Waals surface area contributed by atoms with Gasteiger partial charge in [-0.3, -0.25) is 0 Å². The first-order chi connectivity index (χ1) is 8.59. The van der Waals surface area contributed by atoms with Gasteiger partial charge in [0, 0.05) is 17.6 Å². The van der Waals surface area contributed by atoms with Crippen LogP contribution >= 0.6 is 27.5 Å². The Labute approximate surface area is 118 Å². The molecule has 0 spiro atoms. The molecular formula is C12H13BrClFN2O. The molecule has 0 saturated carbocycles.